The van der Waals surface area contributed by atoms with Crippen molar-refractivity contribution in [2.45, 2.75) is 6.54 Å². The Labute approximate surface area is 139 Å². The zero-order valence-electron chi connectivity index (χ0n) is 11.6. The first-order valence-corrected chi connectivity index (χ1v) is 7.94. The molecule has 0 aliphatic rings. The lowest BCUT2D eigenvalue weighted by Crippen LogP contribution is -2.04. The van der Waals surface area contributed by atoms with Gasteiger partial charge in [-0.3, -0.25) is 0 Å². The van der Waals surface area contributed by atoms with E-state index in [2.05, 4.69) is 25.6 Å². The lowest BCUT2D eigenvalue weighted by Gasteiger charge is -1.94. The number of hydrogen-bond donors (Lipinski definition) is 0. The molecule has 3 aromatic heterocycles. The fourth-order valence-corrected chi connectivity index (χ4v) is 2.84. The quantitative estimate of drug-likeness (QED) is 0.565. The van der Waals surface area contributed by atoms with E-state index >= 15 is 0 Å². The molecule has 114 valence electrons. The molecule has 9 heteroatoms. The van der Waals surface area contributed by atoms with Crippen molar-refractivity contribution < 1.29 is 4.52 Å². The molecule has 0 aliphatic carbocycles. The Kier molecular flexibility index (Phi) is 3.60. The van der Waals surface area contributed by atoms with Crippen molar-refractivity contribution in [2.75, 3.05) is 0 Å². The van der Waals surface area contributed by atoms with Gasteiger partial charge in [-0.1, -0.05) is 35.0 Å². The van der Waals surface area contributed by atoms with Crippen molar-refractivity contribution in [1.82, 2.24) is 30.3 Å². The average molecular weight is 345 g/mol. The van der Waals surface area contributed by atoms with Crippen LogP contribution in [-0.2, 0) is 6.54 Å². The Bertz CT molecular complexity index is 932. The van der Waals surface area contributed by atoms with E-state index in [4.69, 9.17) is 16.1 Å². The van der Waals surface area contributed by atoms with Gasteiger partial charge in [-0.05, 0) is 28.8 Å². The molecule has 0 fully saturated rings. The van der Waals surface area contributed by atoms with Gasteiger partial charge in [-0.15, -0.1) is 21.5 Å². The van der Waals surface area contributed by atoms with Gasteiger partial charge in [0.1, 0.15) is 6.54 Å². The highest BCUT2D eigenvalue weighted by molar-refractivity contribution is 7.13. The van der Waals surface area contributed by atoms with Crippen LogP contribution in [0.15, 0.2) is 46.3 Å². The van der Waals surface area contributed by atoms with E-state index in [1.165, 1.54) is 4.80 Å². The lowest BCUT2D eigenvalue weighted by atomic mass is 10.2. The highest BCUT2D eigenvalue weighted by Gasteiger charge is 2.12. The second kappa shape index (κ2) is 5.90. The van der Waals surface area contributed by atoms with Gasteiger partial charge in [0.15, 0.2) is 0 Å². The van der Waals surface area contributed by atoms with E-state index in [-0.39, 0.29) is 6.54 Å². The molecule has 0 radical (unpaired) electrons. The first-order valence-electron chi connectivity index (χ1n) is 6.68. The van der Waals surface area contributed by atoms with E-state index in [0.717, 1.165) is 10.4 Å². The molecule has 4 aromatic rings. The molecule has 0 N–H and O–H groups in total. The average Bonchev–Trinajstić information content (AvgIpc) is 3.29. The Morgan fingerprint density at radius 2 is 2.13 bits per heavy atom. The SMILES string of the molecule is Clc1cccc(-c2nnn(Cc3nc(-c4cccs4)no3)n2)c1. The normalized spacial score (nSPS) is 11.0. The maximum absolute atomic E-state index is 5.97. The van der Waals surface area contributed by atoms with Crippen molar-refractivity contribution in [3.05, 3.63) is 52.7 Å². The number of benzene rings is 1. The van der Waals surface area contributed by atoms with Crippen LogP contribution < -0.4 is 0 Å². The summed E-state index contributed by atoms with van der Waals surface area (Å²) < 4.78 is 5.22. The zero-order chi connectivity index (χ0) is 15.6. The predicted octanol–water partition coefficient (Wildman–Crippen LogP) is 3.15. The van der Waals surface area contributed by atoms with Gasteiger partial charge < -0.3 is 4.52 Å². The van der Waals surface area contributed by atoms with Crippen LogP contribution in [0.2, 0.25) is 5.02 Å². The summed E-state index contributed by atoms with van der Waals surface area (Å²) in [6, 6.07) is 11.2. The molecule has 0 amide bonds. The molecule has 4 rings (SSSR count). The highest BCUT2D eigenvalue weighted by Crippen LogP contribution is 2.21. The minimum Gasteiger partial charge on any atom is -0.337 e. The first kappa shape index (κ1) is 14.0. The van der Waals surface area contributed by atoms with Crippen LogP contribution in [0.5, 0.6) is 0 Å². The van der Waals surface area contributed by atoms with Crippen molar-refractivity contribution in [3.8, 4) is 22.1 Å². The first-order chi connectivity index (χ1) is 11.3. The summed E-state index contributed by atoms with van der Waals surface area (Å²) in [5.41, 5.74) is 0.800. The van der Waals surface area contributed by atoms with Gasteiger partial charge >= 0.3 is 0 Å². The molecular weight excluding hydrogens is 336 g/mol. The Morgan fingerprint density at radius 3 is 2.96 bits per heavy atom. The van der Waals surface area contributed by atoms with Gasteiger partial charge in [0.2, 0.25) is 11.6 Å². The number of rotatable bonds is 4. The fraction of sp³-hybridized carbons (Fsp3) is 0.0714. The molecule has 0 spiro atoms. The molecular formula is C14H9ClN6OS. The van der Waals surface area contributed by atoms with Gasteiger partial charge in [-0.2, -0.15) is 9.78 Å². The minimum atomic E-state index is 0.256. The van der Waals surface area contributed by atoms with Crippen molar-refractivity contribution in [2.24, 2.45) is 0 Å². The predicted molar refractivity (Wildman–Crippen MR) is 85.0 cm³/mol. The number of tetrazole rings is 1. The van der Waals surface area contributed by atoms with Crippen LogP contribution in [0, 0.1) is 0 Å². The largest absolute Gasteiger partial charge is 0.337 e. The van der Waals surface area contributed by atoms with Crippen LogP contribution in [0.3, 0.4) is 0 Å². The third-order valence-electron chi connectivity index (χ3n) is 3.02. The van der Waals surface area contributed by atoms with E-state index < -0.39 is 0 Å². The van der Waals surface area contributed by atoms with Gasteiger partial charge in [0, 0.05) is 10.6 Å². The Hall–Kier alpha value is -2.58. The lowest BCUT2D eigenvalue weighted by molar-refractivity contribution is 0.356. The topological polar surface area (TPSA) is 82.5 Å². The van der Waals surface area contributed by atoms with E-state index in [9.17, 15) is 0 Å². The third kappa shape index (κ3) is 2.99. The maximum atomic E-state index is 5.97. The van der Waals surface area contributed by atoms with Crippen LogP contribution in [0.1, 0.15) is 5.89 Å². The second-order valence-electron chi connectivity index (χ2n) is 4.64. The number of aromatic nitrogens is 6. The smallest absolute Gasteiger partial charge is 0.250 e. The minimum absolute atomic E-state index is 0.256. The van der Waals surface area contributed by atoms with E-state index in [1.54, 1.807) is 23.5 Å². The van der Waals surface area contributed by atoms with Crippen LogP contribution in [0.25, 0.3) is 22.1 Å². The fourth-order valence-electron chi connectivity index (χ4n) is 2.00. The van der Waals surface area contributed by atoms with E-state index in [1.807, 2.05) is 29.6 Å². The monoisotopic (exact) mass is 344 g/mol. The summed E-state index contributed by atoms with van der Waals surface area (Å²) in [5, 5.41) is 18.8. The Morgan fingerprint density at radius 1 is 1.17 bits per heavy atom. The second-order valence-corrected chi connectivity index (χ2v) is 6.03. The summed E-state index contributed by atoms with van der Waals surface area (Å²) in [7, 11) is 0. The summed E-state index contributed by atoms with van der Waals surface area (Å²) in [6.45, 7) is 0.256. The molecule has 0 aliphatic heterocycles. The van der Waals surface area contributed by atoms with Gasteiger partial charge in [-0.25, -0.2) is 0 Å². The molecule has 3 heterocycles. The van der Waals surface area contributed by atoms with Gasteiger partial charge in [0.25, 0.3) is 5.89 Å². The van der Waals surface area contributed by atoms with Crippen LogP contribution >= 0.6 is 22.9 Å². The van der Waals surface area contributed by atoms with Crippen LogP contribution in [0.4, 0.5) is 0 Å². The molecule has 0 saturated carbocycles. The van der Waals surface area contributed by atoms with Gasteiger partial charge in [0.05, 0.1) is 4.88 Å². The standard InChI is InChI=1S/C14H9ClN6OS/c15-10-4-1-3-9(7-10)13-17-20-21(18-13)8-12-16-14(19-22-12)11-5-2-6-23-11/h1-7H,8H2. The summed E-state index contributed by atoms with van der Waals surface area (Å²) in [6.07, 6.45) is 0. The number of halogens is 1. The molecule has 23 heavy (non-hydrogen) atoms. The maximum Gasteiger partial charge on any atom is 0.250 e. The number of nitrogens with zero attached hydrogens (tertiary/aromatic N) is 6. The highest BCUT2D eigenvalue weighted by atomic mass is 35.5. The van der Waals surface area contributed by atoms with Crippen LogP contribution in [-0.4, -0.2) is 30.3 Å². The molecule has 0 bridgehead atoms. The summed E-state index contributed by atoms with van der Waals surface area (Å²) in [5.74, 6) is 1.47. The molecule has 0 unspecified atom stereocenters. The summed E-state index contributed by atoms with van der Waals surface area (Å²) in [4.78, 5) is 6.68. The number of hydrogen-bond acceptors (Lipinski definition) is 7. The molecule has 7 nitrogen and oxygen atoms in total. The molecule has 1 aromatic carbocycles. The number of thiophene rings is 1. The summed E-state index contributed by atoms with van der Waals surface area (Å²) >= 11 is 7.52. The third-order valence-corrected chi connectivity index (χ3v) is 4.12. The zero-order valence-corrected chi connectivity index (χ0v) is 13.2. The van der Waals surface area contributed by atoms with E-state index in [0.29, 0.717) is 22.6 Å². The van der Waals surface area contributed by atoms with Crippen molar-refractivity contribution in [1.29, 1.82) is 0 Å². The molecule has 0 saturated heterocycles. The Balaban J connectivity index is 1.54. The van der Waals surface area contributed by atoms with Crippen molar-refractivity contribution >= 4 is 22.9 Å². The molecule has 0 atom stereocenters. The van der Waals surface area contributed by atoms with Crippen molar-refractivity contribution in [3.63, 3.8) is 0 Å².